The van der Waals surface area contributed by atoms with Crippen LogP contribution >= 0.6 is 0 Å². The maximum atomic E-state index is 12.4. The lowest BCUT2D eigenvalue weighted by Gasteiger charge is -2.21. The largest absolute Gasteiger partial charge is 0.491 e. The molecule has 4 rings (SSSR count). The number of carbonyl (C=O) groups is 1. The summed E-state index contributed by atoms with van der Waals surface area (Å²) in [6.45, 7) is 0.555. The van der Waals surface area contributed by atoms with Gasteiger partial charge in [0.2, 0.25) is 5.91 Å². The number of carbonyl (C=O) groups excluding carboxylic acids is 1. The van der Waals surface area contributed by atoms with Crippen molar-refractivity contribution >= 4 is 5.91 Å². The summed E-state index contributed by atoms with van der Waals surface area (Å²) >= 11 is 0. The van der Waals surface area contributed by atoms with Crippen LogP contribution in [0.2, 0.25) is 0 Å². The van der Waals surface area contributed by atoms with E-state index in [1.54, 1.807) is 0 Å². The lowest BCUT2D eigenvalue weighted by atomic mass is 9.88. The van der Waals surface area contributed by atoms with Crippen molar-refractivity contribution in [2.45, 2.75) is 37.4 Å². The number of benzene rings is 1. The molecule has 2 saturated heterocycles. The molecule has 2 N–H and O–H groups in total. The highest BCUT2D eigenvalue weighted by Crippen LogP contribution is 2.35. The summed E-state index contributed by atoms with van der Waals surface area (Å²) in [5.41, 5.74) is 1.10. The normalized spacial score (nSPS) is 34.9. The summed E-state index contributed by atoms with van der Waals surface area (Å²) < 4.78 is 5.61. The molecule has 2 bridgehead atoms. The first-order valence-electron chi connectivity index (χ1n) is 7.09. The Hall–Kier alpha value is -1.55. The molecule has 3 aliphatic heterocycles. The fraction of sp³-hybridized carbons (Fsp3) is 0.533. The van der Waals surface area contributed by atoms with Crippen molar-refractivity contribution in [3.8, 4) is 5.75 Å². The molecule has 3 aliphatic rings. The van der Waals surface area contributed by atoms with Crippen LogP contribution in [-0.4, -0.2) is 24.6 Å². The van der Waals surface area contributed by atoms with E-state index in [1.165, 1.54) is 6.42 Å². The molecule has 19 heavy (non-hydrogen) atoms. The van der Waals surface area contributed by atoms with E-state index in [-0.39, 0.29) is 17.9 Å². The van der Waals surface area contributed by atoms with Crippen molar-refractivity contribution in [1.82, 2.24) is 10.6 Å². The van der Waals surface area contributed by atoms with Gasteiger partial charge in [0.05, 0.1) is 12.0 Å². The van der Waals surface area contributed by atoms with E-state index in [2.05, 4.69) is 10.6 Å². The predicted molar refractivity (Wildman–Crippen MR) is 70.9 cm³/mol. The van der Waals surface area contributed by atoms with Crippen LogP contribution in [0.5, 0.6) is 5.75 Å². The highest BCUT2D eigenvalue weighted by molar-refractivity contribution is 5.80. The lowest BCUT2D eigenvalue weighted by molar-refractivity contribution is -0.126. The van der Waals surface area contributed by atoms with Gasteiger partial charge in [0.15, 0.2) is 0 Å². The van der Waals surface area contributed by atoms with E-state index in [1.807, 2.05) is 24.3 Å². The lowest BCUT2D eigenvalue weighted by Crippen LogP contribution is -2.39. The van der Waals surface area contributed by atoms with Crippen LogP contribution in [0.1, 0.15) is 30.9 Å². The van der Waals surface area contributed by atoms with Gasteiger partial charge in [-0.1, -0.05) is 18.2 Å². The Balaban J connectivity index is 1.47. The second-order valence-electron chi connectivity index (χ2n) is 5.80. The summed E-state index contributed by atoms with van der Waals surface area (Å²) in [7, 11) is 0. The molecule has 1 aromatic carbocycles. The van der Waals surface area contributed by atoms with Gasteiger partial charge in [-0.25, -0.2) is 0 Å². The first-order chi connectivity index (χ1) is 9.31. The van der Waals surface area contributed by atoms with E-state index in [0.717, 1.165) is 24.2 Å². The zero-order chi connectivity index (χ0) is 12.8. The Morgan fingerprint density at radius 2 is 2.21 bits per heavy atom. The van der Waals surface area contributed by atoms with Crippen LogP contribution in [0.3, 0.4) is 0 Å². The SMILES string of the molecule is O=C(NC1COc2ccccc21)C1CC2CCC1N2. The predicted octanol–water partition coefficient (Wildman–Crippen LogP) is 1.38. The van der Waals surface area contributed by atoms with Crippen LogP contribution < -0.4 is 15.4 Å². The third-order valence-electron chi connectivity index (χ3n) is 4.65. The third kappa shape index (κ3) is 1.82. The van der Waals surface area contributed by atoms with E-state index in [0.29, 0.717) is 18.7 Å². The van der Waals surface area contributed by atoms with Crippen molar-refractivity contribution < 1.29 is 9.53 Å². The third-order valence-corrected chi connectivity index (χ3v) is 4.65. The molecule has 0 saturated carbocycles. The number of para-hydroxylation sites is 1. The van der Waals surface area contributed by atoms with E-state index < -0.39 is 0 Å². The van der Waals surface area contributed by atoms with Crippen LogP contribution in [0.25, 0.3) is 0 Å². The van der Waals surface area contributed by atoms with Gasteiger partial charge in [0.25, 0.3) is 0 Å². The number of fused-ring (bicyclic) bond motifs is 3. The number of rotatable bonds is 2. The number of ether oxygens (including phenoxy) is 1. The average molecular weight is 258 g/mol. The van der Waals surface area contributed by atoms with Gasteiger partial charge in [0.1, 0.15) is 12.4 Å². The van der Waals surface area contributed by atoms with Gasteiger partial charge in [-0.3, -0.25) is 4.79 Å². The van der Waals surface area contributed by atoms with Gasteiger partial charge in [-0.15, -0.1) is 0 Å². The van der Waals surface area contributed by atoms with E-state index in [4.69, 9.17) is 4.74 Å². The molecule has 0 aromatic heterocycles. The maximum absolute atomic E-state index is 12.4. The molecule has 3 heterocycles. The summed E-state index contributed by atoms with van der Waals surface area (Å²) in [6, 6.07) is 8.92. The Labute approximate surface area is 112 Å². The van der Waals surface area contributed by atoms with E-state index in [9.17, 15) is 4.79 Å². The molecule has 2 fully saturated rings. The van der Waals surface area contributed by atoms with Crippen molar-refractivity contribution in [2.24, 2.45) is 5.92 Å². The minimum absolute atomic E-state index is 0.0165. The Kier molecular flexibility index (Phi) is 2.52. The zero-order valence-electron chi connectivity index (χ0n) is 10.8. The minimum atomic E-state index is 0.0165. The summed E-state index contributed by atoms with van der Waals surface area (Å²) in [6.07, 6.45) is 3.36. The molecular weight excluding hydrogens is 240 g/mol. The second kappa shape index (κ2) is 4.23. The quantitative estimate of drug-likeness (QED) is 0.842. The second-order valence-corrected chi connectivity index (χ2v) is 5.80. The fourth-order valence-corrected chi connectivity index (χ4v) is 3.67. The highest BCUT2D eigenvalue weighted by atomic mass is 16.5. The Morgan fingerprint density at radius 3 is 3.00 bits per heavy atom. The number of hydrogen-bond donors (Lipinski definition) is 2. The minimum Gasteiger partial charge on any atom is -0.491 e. The van der Waals surface area contributed by atoms with Gasteiger partial charge >= 0.3 is 0 Å². The number of nitrogens with one attached hydrogen (secondary N) is 2. The summed E-state index contributed by atoms with van der Waals surface area (Å²) in [5.74, 6) is 1.23. The molecular formula is C15H18N2O2. The molecule has 4 nitrogen and oxygen atoms in total. The van der Waals surface area contributed by atoms with Crippen molar-refractivity contribution in [2.75, 3.05) is 6.61 Å². The smallest absolute Gasteiger partial charge is 0.225 e. The molecule has 0 spiro atoms. The number of hydrogen-bond acceptors (Lipinski definition) is 3. The first kappa shape index (κ1) is 11.3. The van der Waals surface area contributed by atoms with Crippen molar-refractivity contribution in [1.29, 1.82) is 0 Å². The van der Waals surface area contributed by atoms with Crippen LogP contribution in [-0.2, 0) is 4.79 Å². The molecule has 0 aliphatic carbocycles. The van der Waals surface area contributed by atoms with Gasteiger partial charge in [-0.2, -0.15) is 0 Å². The van der Waals surface area contributed by atoms with Crippen LogP contribution in [0.15, 0.2) is 24.3 Å². The molecule has 100 valence electrons. The van der Waals surface area contributed by atoms with Crippen molar-refractivity contribution in [3.05, 3.63) is 29.8 Å². The topological polar surface area (TPSA) is 50.4 Å². The summed E-state index contributed by atoms with van der Waals surface area (Å²) in [4.78, 5) is 12.4. The monoisotopic (exact) mass is 258 g/mol. The molecule has 4 heteroatoms. The van der Waals surface area contributed by atoms with Gasteiger partial charge in [-0.05, 0) is 25.3 Å². The van der Waals surface area contributed by atoms with E-state index >= 15 is 0 Å². The maximum Gasteiger partial charge on any atom is 0.225 e. The molecule has 1 aromatic rings. The van der Waals surface area contributed by atoms with Crippen molar-refractivity contribution in [3.63, 3.8) is 0 Å². The highest BCUT2D eigenvalue weighted by Gasteiger charge is 2.43. The number of amides is 1. The fourth-order valence-electron chi connectivity index (χ4n) is 3.67. The average Bonchev–Trinajstić information content (AvgIpc) is 3.14. The molecule has 1 amide bonds. The van der Waals surface area contributed by atoms with Gasteiger partial charge in [0, 0.05) is 17.6 Å². The van der Waals surface area contributed by atoms with Crippen LogP contribution in [0.4, 0.5) is 0 Å². The summed E-state index contributed by atoms with van der Waals surface area (Å²) in [5, 5.41) is 6.67. The Bertz CT molecular complexity index is 517. The first-order valence-corrected chi connectivity index (χ1v) is 7.09. The zero-order valence-corrected chi connectivity index (χ0v) is 10.8. The van der Waals surface area contributed by atoms with Gasteiger partial charge < -0.3 is 15.4 Å². The molecule has 4 atom stereocenters. The van der Waals surface area contributed by atoms with Crippen LogP contribution in [0, 0.1) is 5.92 Å². The molecule has 4 unspecified atom stereocenters. The standard InChI is InChI=1S/C15H18N2O2/c18-15(11-7-9-5-6-12(11)16-9)17-13-8-19-14-4-2-1-3-10(13)14/h1-4,9,11-13,16H,5-8H2,(H,17,18). The Morgan fingerprint density at radius 1 is 1.32 bits per heavy atom. The molecule has 0 radical (unpaired) electrons.